The van der Waals surface area contributed by atoms with E-state index in [0.717, 1.165) is 18.7 Å². The summed E-state index contributed by atoms with van der Waals surface area (Å²) >= 11 is 0. The molecule has 0 aliphatic heterocycles. The maximum absolute atomic E-state index is 9.15. The van der Waals surface area contributed by atoms with E-state index in [0.29, 0.717) is 5.82 Å². The van der Waals surface area contributed by atoms with E-state index in [1.807, 2.05) is 19.2 Å². The highest BCUT2D eigenvalue weighted by Gasteiger charge is 2.12. The molecule has 0 aliphatic rings. The van der Waals surface area contributed by atoms with Crippen LogP contribution in [-0.4, -0.2) is 37.5 Å². The Morgan fingerprint density at radius 3 is 2.90 bits per heavy atom. The third-order valence-electron chi connectivity index (χ3n) is 3.20. The van der Waals surface area contributed by atoms with Gasteiger partial charge in [0, 0.05) is 25.0 Å². The second kappa shape index (κ2) is 7.00. The highest BCUT2D eigenvalue weighted by Crippen LogP contribution is 2.14. The SMILES string of the molecule is CC[C@H](C[C@@H](C)CO)Nc1cncc(-n2cccn2)n1. The number of aromatic nitrogens is 4. The highest BCUT2D eigenvalue weighted by molar-refractivity contribution is 5.36. The van der Waals surface area contributed by atoms with Crippen molar-refractivity contribution in [3.63, 3.8) is 0 Å². The van der Waals surface area contributed by atoms with Crippen molar-refractivity contribution in [1.82, 2.24) is 19.7 Å². The summed E-state index contributed by atoms with van der Waals surface area (Å²) in [5.41, 5.74) is 0. The van der Waals surface area contributed by atoms with Crippen molar-refractivity contribution in [2.45, 2.75) is 32.7 Å². The minimum atomic E-state index is 0.206. The topological polar surface area (TPSA) is 75.9 Å². The summed E-state index contributed by atoms with van der Waals surface area (Å²) in [4.78, 5) is 8.69. The number of aliphatic hydroxyl groups excluding tert-OH is 1. The van der Waals surface area contributed by atoms with E-state index >= 15 is 0 Å². The van der Waals surface area contributed by atoms with Crippen LogP contribution in [0.3, 0.4) is 0 Å². The first kappa shape index (κ1) is 14.5. The van der Waals surface area contributed by atoms with Crippen molar-refractivity contribution in [3.8, 4) is 5.82 Å². The lowest BCUT2D eigenvalue weighted by Gasteiger charge is -2.20. The molecule has 2 aromatic heterocycles. The fraction of sp³-hybridized carbons (Fsp3) is 0.500. The van der Waals surface area contributed by atoms with E-state index in [4.69, 9.17) is 5.11 Å². The van der Waals surface area contributed by atoms with Crippen LogP contribution in [0.5, 0.6) is 0 Å². The van der Waals surface area contributed by atoms with Gasteiger partial charge in [0.05, 0.1) is 12.4 Å². The van der Waals surface area contributed by atoms with Gasteiger partial charge in [-0.05, 0) is 24.8 Å². The normalized spacial score (nSPS) is 13.9. The quantitative estimate of drug-likeness (QED) is 0.806. The van der Waals surface area contributed by atoms with Crippen LogP contribution in [0.15, 0.2) is 30.9 Å². The predicted molar refractivity (Wildman–Crippen MR) is 77.7 cm³/mol. The summed E-state index contributed by atoms with van der Waals surface area (Å²) in [6.45, 7) is 4.36. The van der Waals surface area contributed by atoms with Crippen LogP contribution in [0.25, 0.3) is 5.82 Å². The number of rotatable bonds is 7. The van der Waals surface area contributed by atoms with E-state index in [1.165, 1.54) is 0 Å². The molecule has 2 atom stereocenters. The highest BCUT2D eigenvalue weighted by atomic mass is 16.3. The van der Waals surface area contributed by atoms with Gasteiger partial charge in [-0.3, -0.25) is 4.98 Å². The minimum absolute atomic E-state index is 0.206. The smallest absolute Gasteiger partial charge is 0.173 e. The van der Waals surface area contributed by atoms with Gasteiger partial charge in [-0.2, -0.15) is 5.10 Å². The number of anilines is 1. The van der Waals surface area contributed by atoms with Gasteiger partial charge in [0.15, 0.2) is 5.82 Å². The number of aliphatic hydroxyl groups is 1. The molecule has 2 heterocycles. The van der Waals surface area contributed by atoms with Gasteiger partial charge in [-0.15, -0.1) is 0 Å². The van der Waals surface area contributed by atoms with Crippen molar-refractivity contribution in [2.75, 3.05) is 11.9 Å². The van der Waals surface area contributed by atoms with Crippen molar-refractivity contribution < 1.29 is 5.11 Å². The maximum Gasteiger partial charge on any atom is 0.173 e. The Labute approximate surface area is 118 Å². The standard InChI is InChI=1S/C14H21N5O/c1-3-12(7-11(2)10-20)17-13-8-15-9-14(18-13)19-6-4-5-16-19/h4-6,8-9,11-12,20H,3,7,10H2,1-2H3,(H,17,18)/t11-,12-/m1/s1. The Morgan fingerprint density at radius 2 is 2.25 bits per heavy atom. The van der Waals surface area contributed by atoms with Crippen molar-refractivity contribution in [2.24, 2.45) is 5.92 Å². The largest absolute Gasteiger partial charge is 0.396 e. The van der Waals surface area contributed by atoms with Crippen LogP contribution >= 0.6 is 0 Å². The summed E-state index contributed by atoms with van der Waals surface area (Å²) in [6, 6.07) is 2.12. The van der Waals surface area contributed by atoms with Crippen molar-refractivity contribution in [1.29, 1.82) is 0 Å². The van der Waals surface area contributed by atoms with E-state index in [-0.39, 0.29) is 18.6 Å². The molecule has 2 aromatic rings. The van der Waals surface area contributed by atoms with E-state index in [1.54, 1.807) is 23.3 Å². The monoisotopic (exact) mass is 275 g/mol. The summed E-state index contributed by atoms with van der Waals surface area (Å²) in [7, 11) is 0. The Morgan fingerprint density at radius 1 is 1.40 bits per heavy atom. The zero-order valence-corrected chi connectivity index (χ0v) is 11.9. The molecule has 0 aromatic carbocycles. The molecule has 2 rings (SSSR count). The second-order valence-electron chi connectivity index (χ2n) is 4.99. The molecule has 2 N–H and O–H groups in total. The van der Waals surface area contributed by atoms with Crippen LogP contribution in [-0.2, 0) is 0 Å². The van der Waals surface area contributed by atoms with Gasteiger partial charge >= 0.3 is 0 Å². The van der Waals surface area contributed by atoms with Gasteiger partial charge in [0.25, 0.3) is 0 Å². The predicted octanol–water partition coefficient (Wildman–Crippen LogP) is 1.87. The van der Waals surface area contributed by atoms with E-state index < -0.39 is 0 Å². The summed E-state index contributed by atoms with van der Waals surface area (Å²) in [5, 5.41) is 16.7. The molecule has 0 bridgehead atoms. The molecule has 108 valence electrons. The van der Waals surface area contributed by atoms with Gasteiger partial charge in [-0.1, -0.05) is 13.8 Å². The molecule has 0 saturated carbocycles. The first-order valence-electron chi connectivity index (χ1n) is 6.92. The van der Waals surface area contributed by atoms with Crippen molar-refractivity contribution in [3.05, 3.63) is 30.9 Å². The summed E-state index contributed by atoms with van der Waals surface area (Å²) < 4.78 is 1.68. The van der Waals surface area contributed by atoms with Gasteiger partial charge < -0.3 is 10.4 Å². The molecule has 6 nitrogen and oxygen atoms in total. The van der Waals surface area contributed by atoms with Gasteiger partial charge in [0.2, 0.25) is 0 Å². The minimum Gasteiger partial charge on any atom is -0.396 e. The number of nitrogens with one attached hydrogen (secondary N) is 1. The third kappa shape index (κ3) is 3.77. The molecular weight excluding hydrogens is 254 g/mol. The fourth-order valence-electron chi connectivity index (χ4n) is 2.04. The molecule has 0 amide bonds. The van der Waals surface area contributed by atoms with Crippen LogP contribution in [0.2, 0.25) is 0 Å². The van der Waals surface area contributed by atoms with Crippen LogP contribution in [0.4, 0.5) is 5.82 Å². The van der Waals surface area contributed by atoms with Crippen LogP contribution in [0.1, 0.15) is 26.7 Å². The Hall–Kier alpha value is -1.95. The molecule has 0 aliphatic carbocycles. The van der Waals surface area contributed by atoms with Crippen LogP contribution < -0.4 is 5.32 Å². The average Bonchev–Trinajstić information content (AvgIpc) is 3.01. The second-order valence-corrected chi connectivity index (χ2v) is 4.99. The molecule has 6 heteroatoms. The van der Waals surface area contributed by atoms with Gasteiger partial charge in [-0.25, -0.2) is 9.67 Å². The molecule has 0 fully saturated rings. The third-order valence-corrected chi connectivity index (χ3v) is 3.20. The number of nitrogens with zero attached hydrogens (tertiary/aromatic N) is 4. The first-order valence-corrected chi connectivity index (χ1v) is 6.92. The molecular formula is C14H21N5O. The van der Waals surface area contributed by atoms with E-state index in [2.05, 4.69) is 27.3 Å². The molecule has 0 radical (unpaired) electrons. The zero-order valence-electron chi connectivity index (χ0n) is 11.9. The summed E-state index contributed by atoms with van der Waals surface area (Å²) in [5.74, 6) is 1.69. The number of hydrogen-bond donors (Lipinski definition) is 2. The number of hydrogen-bond acceptors (Lipinski definition) is 5. The summed E-state index contributed by atoms with van der Waals surface area (Å²) in [6.07, 6.45) is 8.80. The lowest BCUT2D eigenvalue weighted by atomic mass is 10.0. The maximum atomic E-state index is 9.15. The Kier molecular flexibility index (Phi) is 5.06. The first-order chi connectivity index (χ1) is 9.72. The molecule has 20 heavy (non-hydrogen) atoms. The average molecular weight is 275 g/mol. The van der Waals surface area contributed by atoms with Gasteiger partial charge in [0.1, 0.15) is 5.82 Å². The Balaban J connectivity index is 2.07. The lowest BCUT2D eigenvalue weighted by molar-refractivity contribution is 0.224. The zero-order chi connectivity index (χ0) is 14.4. The Bertz CT molecular complexity index is 514. The van der Waals surface area contributed by atoms with E-state index in [9.17, 15) is 0 Å². The fourth-order valence-corrected chi connectivity index (χ4v) is 2.04. The van der Waals surface area contributed by atoms with Crippen molar-refractivity contribution >= 4 is 5.82 Å². The van der Waals surface area contributed by atoms with Crippen LogP contribution in [0, 0.1) is 5.92 Å². The molecule has 0 unspecified atom stereocenters. The lowest BCUT2D eigenvalue weighted by Crippen LogP contribution is -2.23. The molecule has 0 spiro atoms. The molecule has 0 saturated heterocycles.